The fourth-order valence-corrected chi connectivity index (χ4v) is 2.35. The second-order valence-corrected chi connectivity index (χ2v) is 4.00. The molecule has 2 N–H and O–H groups in total. The molecule has 0 amide bonds. The minimum Gasteiger partial charge on any atom is -0.368 e. The van der Waals surface area contributed by atoms with Crippen molar-refractivity contribution in [2.75, 3.05) is 17.2 Å². The van der Waals surface area contributed by atoms with Gasteiger partial charge in [-0.05, 0) is 25.8 Å². The molecule has 0 aromatic carbocycles. The van der Waals surface area contributed by atoms with Crippen LogP contribution in [-0.4, -0.2) is 22.6 Å². The van der Waals surface area contributed by atoms with Crippen LogP contribution in [0.15, 0.2) is 12.3 Å². The number of anilines is 2. The summed E-state index contributed by atoms with van der Waals surface area (Å²) in [6.45, 7) is 3.15. The predicted molar refractivity (Wildman–Crippen MR) is 61.7 cm³/mol. The van der Waals surface area contributed by atoms with E-state index in [1.807, 2.05) is 6.07 Å². The van der Waals surface area contributed by atoms with Gasteiger partial charge in [0.15, 0.2) is 0 Å². The van der Waals surface area contributed by atoms with Crippen molar-refractivity contribution in [1.82, 2.24) is 9.97 Å². The van der Waals surface area contributed by atoms with E-state index in [9.17, 15) is 0 Å². The number of aromatic nitrogens is 2. The average molecular weight is 206 g/mol. The topological polar surface area (TPSA) is 55.0 Å². The summed E-state index contributed by atoms with van der Waals surface area (Å²) in [5.74, 6) is 1.33. The summed E-state index contributed by atoms with van der Waals surface area (Å²) in [6.07, 6.45) is 6.95. The molecule has 1 saturated carbocycles. The lowest BCUT2D eigenvalue weighted by molar-refractivity contribution is 0.613. The molecule has 0 bridgehead atoms. The van der Waals surface area contributed by atoms with Gasteiger partial charge >= 0.3 is 0 Å². The highest BCUT2D eigenvalue weighted by atomic mass is 15.2. The predicted octanol–water partition coefficient (Wildman–Crippen LogP) is 1.83. The van der Waals surface area contributed by atoms with E-state index >= 15 is 0 Å². The van der Waals surface area contributed by atoms with Crippen LogP contribution in [0.25, 0.3) is 0 Å². The third-order valence-electron chi connectivity index (χ3n) is 3.06. The first-order valence-electron chi connectivity index (χ1n) is 5.66. The van der Waals surface area contributed by atoms with Gasteiger partial charge in [-0.15, -0.1) is 0 Å². The molecular formula is C11H18N4. The van der Waals surface area contributed by atoms with E-state index in [2.05, 4.69) is 21.8 Å². The van der Waals surface area contributed by atoms with Crippen molar-refractivity contribution in [2.45, 2.75) is 38.6 Å². The van der Waals surface area contributed by atoms with Crippen molar-refractivity contribution in [2.24, 2.45) is 0 Å². The second-order valence-electron chi connectivity index (χ2n) is 4.00. The molecule has 1 aliphatic rings. The number of nitrogens with two attached hydrogens (primary N) is 1. The van der Waals surface area contributed by atoms with Crippen molar-refractivity contribution < 1.29 is 0 Å². The van der Waals surface area contributed by atoms with Gasteiger partial charge in [0.2, 0.25) is 5.95 Å². The molecule has 15 heavy (non-hydrogen) atoms. The Morgan fingerprint density at radius 2 is 2.20 bits per heavy atom. The standard InChI is InChI=1S/C11H18N4/c1-2-15(9-5-3-4-6-9)10-7-8-13-11(12)14-10/h7-9H,2-6H2,1H3,(H2,12,13,14). The summed E-state index contributed by atoms with van der Waals surface area (Å²) >= 11 is 0. The largest absolute Gasteiger partial charge is 0.368 e. The summed E-state index contributed by atoms with van der Waals surface area (Å²) in [4.78, 5) is 10.5. The zero-order chi connectivity index (χ0) is 10.7. The molecule has 1 aromatic rings. The quantitative estimate of drug-likeness (QED) is 0.819. The summed E-state index contributed by atoms with van der Waals surface area (Å²) in [5, 5.41) is 0. The zero-order valence-electron chi connectivity index (χ0n) is 9.19. The third-order valence-corrected chi connectivity index (χ3v) is 3.06. The number of nitrogens with zero attached hydrogens (tertiary/aromatic N) is 3. The molecule has 0 saturated heterocycles. The van der Waals surface area contributed by atoms with E-state index in [1.54, 1.807) is 6.20 Å². The van der Waals surface area contributed by atoms with E-state index in [-0.39, 0.29) is 0 Å². The molecule has 4 nitrogen and oxygen atoms in total. The maximum atomic E-state index is 5.60. The van der Waals surface area contributed by atoms with Gasteiger partial charge in [-0.25, -0.2) is 4.98 Å². The highest BCUT2D eigenvalue weighted by Gasteiger charge is 2.22. The lowest BCUT2D eigenvalue weighted by Gasteiger charge is -2.28. The maximum absolute atomic E-state index is 5.60. The van der Waals surface area contributed by atoms with E-state index in [0.29, 0.717) is 12.0 Å². The van der Waals surface area contributed by atoms with Crippen LogP contribution in [0.4, 0.5) is 11.8 Å². The number of nitrogen functional groups attached to an aromatic ring is 1. The van der Waals surface area contributed by atoms with Crippen molar-refractivity contribution in [3.05, 3.63) is 12.3 Å². The molecule has 1 aliphatic carbocycles. The van der Waals surface area contributed by atoms with Crippen molar-refractivity contribution in [3.63, 3.8) is 0 Å². The Balaban J connectivity index is 2.18. The fourth-order valence-electron chi connectivity index (χ4n) is 2.35. The minimum absolute atomic E-state index is 0.365. The van der Waals surface area contributed by atoms with Crippen LogP contribution < -0.4 is 10.6 Å². The second kappa shape index (κ2) is 4.47. The molecule has 0 aliphatic heterocycles. The number of rotatable bonds is 3. The Bertz CT molecular complexity index is 320. The van der Waals surface area contributed by atoms with Crippen LogP contribution in [0.2, 0.25) is 0 Å². The maximum Gasteiger partial charge on any atom is 0.221 e. The molecule has 0 atom stereocenters. The minimum atomic E-state index is 0.365. The van der Waals surface area contributed by atoms with E-state index in [4.69, 9.17) is 5.73 Å². The monoisotopic (exact) mass is 206 g/mol. The Morgan fingerprint density at radius 3 is 2.80 bits per heavy atom. The van der Waals surface area contributed by atoms with Crippen LogP contribution in [0.3, 0.4) is 0 Å². The van der Waals surface area contributed by atoms with Crippen LogP contribution >= 0.6 is 0 Å². The molecule has 0 unspecified atom stereocenters. The molecule has 82 valence electrons. The smallest absolute Gasteiger partial charge is 0.221 e. The summed E-state index contributed by atoms with van der Waals surface area (Å²) in [5.41, 5.74) is 5.60. The molecule has 2 rings (SSSR count). The number of hydrogen-bond acceptors (Lipinski definition) is 4. The van der Waals surface area contributed by atoms with Gasteiger partial charge in [-0.3, -0.25) is 0 Å². The van der Waals surface area contributed by atoms with Gasteiger partial charge in [0, 0.05) is 18.8 Å². The Hall–Kier alpha value is -1.32. The fraction of sp³-hybridized carbons (Fsp3) is 0.636. The highest BCUT2D eigenvalue weighted by Crippen LogP contribution is 2.26. The Kier molecular flexibility index (Phi) is 3.04. The first-order chi connectivity index (χ1) is 7.31. The van der Waals surface area contributed by atoms with Crippen LogP contribution in [-0.2, 0) is 0 Å². The van der Waals surface area contributed by atoms with Crippen LogP contribution in [0.1, 0.15) is 32.6 Å². The first kappa shape index (κ1) is 10.2. The molecule has 1 heterocycles. The van der Waals surface area contributed by atoms with Crippen molar-refractivity contribution in [3.8, 4) is 0 Å². The average Bonchev–Trinajstić information content (AvgIpc) is 2.72. The highest BCUT2D eigenvalue weighted by molar-refractivity contribution is 5.42. The lowest BCUT2D eigenvalue weighted by Crippen LogP contribution is -2.33. The summed E-state index contributed by atoms with van der Waals surface area (Å²) in [7, 11) is 0. The van der Waals surface area contributed by atoms with E-state index in [1.165, 1.54) is 25.7 Å². The first-order valence-corrected chi connectivity index (χ1v) is 5.66. The molecule has 0 radical (unpaired) electrons. The van der Waals surface area contributed by atoms with Crippen molar-refractivity contribution >= 4 is 11.8 Å². The molecule has 4 heteroatoms. The van der Waals surface area contributed by atoms with Gasteiger partial charge in [0.1, 0.15) is 5.82 Å². The third kappa shape index (κ3) is 2.19. The molecule has 1 aromatic heterocycles. The van der Waals surface area contributed by atoms with Gasteiger partial charge < -0.3 is 10.6 Å². The normalized spacial score (nSPS) is 16.9. The number of hydrogen-bond donors (Lipinski definition) is 1. The Labute approximate surface area is 90.5 Å². The van der Waals surface area contributed by atoms with Gasteiger partial charge in [0.25, 0.3) is 0 Å². The van der Waals surface area contributed by atoms with E-state index < -0.39 is 0 Å². The zero-order valence-corrected chi connectivity index (χ0v) is 9.19. The van der Waals surface area contributed by atoms with Crippen molar-refractivity contribution in [1.29, 1.82) is 0 Å². The molecule has 0 spiro atoms. The van der Waals surface area contributed by atoms with Gasteiger partial charge in [0.05, 0.1) is 0 Å². The Morgan fingerprint density at radius 1 is 1.47 bits per heavy atom. The molecule has 1 fully saturated rings. The van der Waals surface area contributed by atoms with E-state index in [0.717, 1.165) is 12.4 Å². The van der Waals surface area contributed by atoms with Crippen LogP contribution in [0.5, 0.6) is 0 Å². The SMILES string of the molecule is CCN(c1ccnc(N)n1)C1CCCC1. The van der Waals surface area contributed by atoms with Gasteiger partial charge in [-0.2, -0.15) is 4.98 Å². The van der Waals surface area contributed by atoms with Crippen LogP contribution in [0, 0.1) is 0 Å². The van der Waals surface area contributed by atoms with Gasteiger partial charge in [-0.1, -0.05) is 12.8 Å². The lowest BCUT2D eigenvalue weighted by atomic mass is 10.2. The molecular weight excluding hydrogens is 188 g/mol. The summed E-state index contributed by atoms with van der Waals surface area (Å²) in [6, 6.07) is 2.59. The summed E-state index contributed by atoms with van der Waals surface area (Å²) < 4.78 is 0.